The van der Waals surface area contributed by atoms with Gasteiger partial charge in [0.1, 0.15) is 18.1 Å². The van der Waals surface area contributed by atoms with Crippen LogP contribution in [0.4, 0.5) is 4.79 Å². The molecule has 0 bridgehead atoms. The number of imide groups is 1. The molecule has 2 N–H and O–H groups in total. The van der Waals surface area contributed by atoms with E-state index in [2.05, 4.69) is 0 Å². The van der Waals surface area contributed by atoms with Gasteiger partial charge in [0.15, 0.2) is 0 Å². The Hall–Kier alpha value is -3.90. The van der Waals surface area contributed by atoms with Crippen molar-refractivity contribution in [3.63, 3.8) is 0 Å². The van der Waals surface area contributed by atoms with Crippen LogP contribution >= 0.6 is 11.8 Å². The van der Waals surface area contributed by atoms with Crippen LogP contribution in [-0.4, -0.2) is 81.9 Å². The maximum atomic E-state index is 12.7. The first kappa shape index (κ1) is 23.3. The van der Waals surface area contributed by atoms with Crippen LogP contribution in [0.1, 0.15) is 26.5 Å². The number of hydrogen-bond donors (Lipinski definition) is 2. The number of aromatic carboxylic acids is 2. The molecule has 12 heteroatoms. The topological polar surface area (TPSA) is 155 Å². The van der Waals surface area contributed by atoms with Gasteiger partial charge in [0.25, 0.3) is 11.1 Å². The number of carbonyl (C=O) groups is 5. The Bertz CT molecular complexity index is 1190. The largest absolute Gasteiger partial charge is 0.478 e. The van der Waals surface area contributed by atoms with E-state index in [0.717, 1.165) is 11.0 Å². The first-order valence-corrected chi connectivity index (χ1v) is 10.9. The molecule has 0 unspecified atom stereocenters. The summed E-state index contributed by atoms with van der Waals surface area (Å²) in [5, 5.41) is 17.9. The second-order valence-electron chi connectivity index (χ2n) is 7.37. The first-order chi connectivity index (χ1) is 16.2. The Labute approximate surface area is 196 Å². The zero-order valence-corrected chi connectivity index (χ0v) is 18.4. The van der Waals surface area contributed by atoms with Crippen LogP contribution in [0.2, 0.25) is 0 Å². The monoisotopic (exact) mass is 486 g/mol. The molecule has 2 aliphatic rings. The van der Waals surface area contributed by atoms with Crippen molar-refractivity contribution in [2.45, 2.75) is 0 Å². The molecule has 2 saturated heterocycles. The van der Waals surface area contributed by atoms with E-state index in [4.69, 9.17) is 9.15 Å². The molecule has 4 rings (SSSR count). The minimum atomic E-state index is -1.29. The number of ether oxygens (including phenoxy) is 1. The number of benzene rings is 1. The maximum Gasteiger partial charge on any atom is 0.335 e. The zero-order chi connectivity index (χ0) is 24.4. The molecule has 0 atom stereocenters. The van der Waals surface area contributed by atoms with E-state index in [1.807, 2.05) is 0 Å². The smallest absolute Gasteiger partial charge is 0.335 e. The van der Waals surface area contributed by atoms with Gasteiger partial charge in [0.2, 0.25) is 5.91 Å². The van der Waals surface area contributed by atoms with Crippen molar-refractivity contribution in [3.8, 4) is 11.3 Å². The van der Waals surface area contributed by atoms with Gasteiger partial charge < -0.3 is 24.3 Å². The van der Waals surface area contributed by atoms with E-state index in [1.165, 1.54) is 35.2 Å². The minimum absolute atomic E-state index is 0.0613. The van der Waals surface area contributed by atoms with E-state index in [-0.39, 0.29) is 45.6 Å². The van der Waals surface area contributed by atoms with Gasteiger partial charge >= 0.3 is 11.9 Å². The molecule has 34 heavy (non-hydrogen) atoms. The van der Waals surface area contributed by atoms with E-state index in [0.29, 0.717) is 38.1 Å². The van der Waals surface area contributed by atoms with Crippen LogP contribution in [0.3, 0.4) is 0 Å². The molecule has 0 aliphatic carbocycles. The molecule has 3 amide bonds. The Morgan fingerprint density at radius 3 is 2.26 bits per heavy atom. The number of morpholine rings is 1. The summed E-state index contributed by atoms with van der Waals surface area (Å²) in [5.74, 6) is -3.20. The molecule has 3 heterocycles. The van der Waals surface area contributed by atoms with Gasteiger partial charge in [-0.05, 0) is 42.1 Å². The number of thioether (sulfide) groups is 1. The lowest BCUT2D eigenvalue weighted by Gasteiger charge is -2.27. The third kappa shape index (κ3) is 4.87. The summed E-state index contributed by atoms with van der Waals surface area (Å²) < 4.78 is 10.8. The van der Waals surface area contributed by atoms with Crippen molar-refractivity contribution >= 4 is 46.8 Å². The normalized spacial score (nSPS) is 17.5. The summed E-state index contributed by atoms with van der Waals surface area (Å²) in [5.41, 5.74) is -0.223. The fraction of sp³-hybridized carbons (Fsp3) is 0.227. The van der Waals surface area contributed by atoms with Gasteiger partial charge in [0, 0.05) is 24.7 Å². The molecule has 2 aliphatic heterocycles. The van der Waals surface area contributed by atoms with Gasteiger partial charge in [-0.3, -0.25) is 19.3 Å². The minimum Gasteiger partial charge on any atom is -0.478 e. The lowest BCUT2D eigenvalue weighted by molar-refractivity contribution is -0.139. The Kier molecular flexibility index (Phi) is 6.52. The summed E-state index contributed by atoms with van der Waals surface area (Å²) in [6, 6.07) is 6.55. The van der Waals surface area contributed by atoms with Crippen molar-refractivity contribution in [1.29, 1.82) is 0 Å². The zero-order valence-electron chi connectivity index (χ0n) is 17.6. The molecule has 176 valence electrons. The average molecular weight is 486 g/mol. The number of carboxylic acids is 2. The van der Waals surface area contributed by atoms with Crippen LogP contribution in [0.15, 0.2) is 39.7 Å². The van der Waals surface area contributed by atoms with Gasteiger partial charge in [0.05, 0.1) is 29.2 Å². The summed E-state index contributed by atoms with van der Waals surface area (Å²) in [6.45, 7) is 1.22. The standard InChI is InChI=1S/C22H18N2O9S/c25-18(23-3-5-32-6-4-23)11-24-19(26)17(34-22(24)31)10-15-1-2-16(33-15)12-7-13(20(27)28)9-14(8-12)21(29)30/h1-2,7-10H,3-6,11H2,(H,27,28)(H,29,30). The Balaban J connectivity index is 1.53. The van der Waals surface area contributed by atoms with Crippen LogP contribution in [0, 0.1) is 0 Å². The number of carbonyl (C=O) groups excluding carboxylic acids is 3. The SMILES string of the molecule is O=C(O)c1cc(C(=O)O)cc(-c2ccc(C=C3SC(=O)N(CC(=O)N4CCOCC4)C3=O)o2)c1. The van der Waals surface area contributed by atoms with Crippen molar-refractivity contribution in [3.05, 3.63) is 52.1 Å². The maximum absolute atomic E-state index is 12.7. The van der Waals surface area contributed by atoms with Crippen molar-refractivity contribution in [2.24, 2.45) is 0 Å². The second-order valence-corrected chi connectivity index (χ2v) is 8.37. The lowest BCUT2D eigenvalue weighted by Crippen LogP contribution is -2.46. The van der Waals surface area contributed by atoms with Crippen LogP contribution in [-0.2, 0) is 14.3 Å². The number of nitrogens with zero attached hydrogens (tertiary/aromatic N) is 2. The number of rotatable bonds is 6. The Morgan fingerprint density at radius 2 is 1.65 bits per heavy atom. The predicted octanol–water partition coefficient (Wildman–Crippen LogP) is 2.24. The third-order valence-corrected chi connectivity index (χ3v) is 6.05. The molecule has 1 aromatic carbocycles. The van der Waals surface area contributed by atoms with Crippen LogP contribution < -0.4 is 0 Å². The van der Waals surface area contributed by atoms with Gasteiger partial charge in [-0.1, -0.05) is 0 Å². The number of hydrogen-bond acceptors (Lipinski definition) is 8. The molecule has 2 fully saturated rings. The first-order valence-electron chi connectivity index (χ1n) is 10.1. The summed E-state index contributed by atoms with van der Waals surface area (Å²) >= 11 is 0.671. The average Bonchev–Trinajstić information content (AvgIpc) is 3.39. The Morgan fingerprint density at radius 1 is 1.00 bits per heavy atom. The van der Waals surface area contributed by atoms with Crippen LogP contribution in [0.25, 0.3) is 17.4 Å². The van der Waals surface area contributed by atoms with Gasteiger partial charge in [-0.2, -0.15) is 0 Å². The number of furan rings is 1. The van der Waals surface area contributed by atoms with Crippen molar-refractivity contribution < 1.29 is 43.3 Å². The van der Waals surface area contributed by atoms with E-state index in [1.54, 1.807) is 0 Å². The fourth-order valence-corrected chi connectivity index (χ4v) is 4.23. The molecular weight excluding hydrogens is 468 g/mol. The molecule has 0 saturated carbocycles. The van der Waals surface area contributed by atoms with Gasteiger partial charge in [-0.25, -0.2) is 9.59 Å². The van der Waals surface area contributed by atoms with E-state index >= 15 is 0 Å². The lowest BCUT2D eigenvalue weighted by atomic mass is 10.0. The third-order valence-electron chi connectivity index (χ3n) is 5.14. The predicted molar refractivity (Wildman–Crippen MR) is 118 cm³/mol. The van der Waals surface area contributed by atoms with Gasteiger partial charge in [-0.15, -0.1) is 0 Å². The van der Waals surface area contributed by atoms with E-state index in [9.17, 15) is 34.2 Å². The highest BCUT2D eigenvalue weighted by Crippen LogP contribution is 2.33. The van der Waals surface area contributed by atoms with Crippen molar-refractivity contribution in [1.82, 2.24) is 9.80 Å². The fourth-order valence-electron chi connectivity index (χ4n) is 3.42. The molecular formula is C22H18N2O9S. The van der Waals surface area contributed by atoms with E-state index < -0.39 is 23.1 Å². The summed E-state index contributed by atoms with van der Waals surface area (Å²) in [4.78, 5) is 62.6. The second kappa shape index (κ2) is 9.53. The molecule has 11 nitrogen and oxygen atoms in total. The van der Waals surface area contributed by atoms with Crippen molar-refractivity contribution in [2.75, 3.05) is 32.8 Å². The highest BCUT2D eigenvalue weighted by Gasteiger charge is 2.37. The summed E-state index contributed by atoms with van der Waals surface area (Å²) in [7, 11) is 0. The molecule has 1 aromatic heterocycles. The molecule has 0 spiro atoms. The molecule has 2 aromatic rings. The highest BCUT2D eigenvalue weighted by atomic mass is 32.2. The number of amides is 3. The number of carboxylic acid groups (broad SMARTS) is 2. The summed E-state index contributed by atoms with van der Waals surface area (Å²) in [6.07, 6.45) is 1.34. The molecule has 0 radical (unpaired) electrons. The van der Waals surface area contributed by atoms with Crippen LogP contribution in [0.5, 0.6) is 0 Å². The quantitative estimate of drug-likeness (QED) is 0.581. The highest BCUT2D eigenvalue weighted by molar-refractivity contribution is 8.18.